The van der Waals surface area contributed by atoms with Gasteiger partial charge < -0.3 is 9.32 Å². The van der Waals surface area contributed by atoms with Gasteiger partial charge in [0.2, 0.25) is 0 Å². The van der Waals surface area contributed by atoms with Gasteiger partial charge in [-0.25, -0.2) is 4.39 Å². The molecule has 3 heterocycles. The van der Waals surface area contributed by atoms with Gasteiger partial charge >= 0.3 is 0 Å². The first-order chi connectivity index (χ1) is 14.5. The number of aromatic nitrogens is 2. The van der Waals surface area contributed by atoms with Gasteiger partial charge in [-0.1, -0.05) is 32.0 Å². The first kappa shape index (κ1) is 20.3. The number of nitrogens with zero attached hydrogens (tertiary/aromatic N) is 4. The van der Waals surface area contributed by atoms with Crippen LogP contribution < -0.4 is 0 Å². The predicted octanol–water partition coefficient (Wildman–Crippen LogP) is 3.65. The number of benzene rings is 1. The van der Waals surface area contributed by atoms with Crippen LogP contribution in [0.4, 0.5) is 4.39 Å². The Morgan fingerprint density at radius 1 is 1.17 bits per heavy atom. The number of carbonyl (C=O) groups is 1. The minimum absolute atomic E-state index is 0.0395. The van der Waals surface area contributed by atoms with E-state index < -0.39 is 0 Å². The molecule has 0 aliphatic carbocycles. The van der Waals surface area contributed by atoms with Crippen molar-refractivity contribution in [2.75, 3.05) is 19.6 Å². The number of amides is 1. The van der Waals surface area contributed by atoms with Gasteiger partial charge in [0.25, 0.3) is 5.91 Å². The molecule has 2 aromatic heterocycles. The number of hydrogen-bond donors (Lipinski definition) is 0. The molecule has 0 saturated carbocycles. The van der Waals surface area contributed by atoms with Gasteiger partial charge in [-0.05, 0) is 30.2 Å². The quantitative estimate of drug-likeness (QED) is 0.623. The molecule has 0 bridgehead atoms. The van der Waals surface area contributed by atoms with E-state index in [-0.39, 0.29) is 23.7 Å². The number of carbonyl (C=O) groups excluding carboxylic acids is 1. The average molecular weight is 410 g/mol. The Balaban J connectivity index is 1.44. The molecule has 1 atom stereocenters. The Hall–Kier alpha value is -2.93. The van der Waals surface area contributed by atoms with E-state index in [4.69, 9.17) is 4.42 Å². The fourth-order valence-corrected chi connectivity index (χ4v) is 3.98. The van der Waals surface area contributed by atoms with Crippen LogP contribution in [0.5, 0.6) is 0 Å². The Morgan fingerprint density at radius 3 is 2.73 bits per heavy atom. The highest BCUT2D eigenvalue weighted by Gasteiger charge is 2.34. The van der Waals surface area contributed by atoms with Crippen molar-refractivity contribution in [3.63, 3.8) is 0 Å². The molecule has 7 heteroatoms. The molecule has 3 aromatic rings. The van der Waals surface area contributed by atoms with Crippen LogP contribution in [0.2, 0.25) is 0 Å². The van der Waals surface area contributed by atoms with Crippen molar-refractivity contribution in [1.29, 1.82) is 0 Å². The summed E-state index contributed by atoms with van der Waals surface area (Å²) in [7, 11) is 0. The smallest absolute Gasteiger partial charge is 0.289 e. The lowest BCUT2D eigenvalue weighted by Gasteiger charge is -2.43. The van der Waals surface area contributed by atoms with Crippen molar-refractivity contribution in [2.24, 2.45) is 5.92 Å². The van der Waals surface area contributed by atoms with Crippen LogP contribution in [0.15, 0.2) is 59.3 Å². The number of hydrogen-bond acceptors (Lipinski definition) is 4. The molecule has 1 aromatic carbocycles. The summed E-state index contributed by atoms with van der Waals surface area (Å²) >= 11 is 0. The number of piperazine rings is 1. The van der Waals surface area contributed by atoms with E-state index in [2.05, 4.69) is 23.8 Å². The monoisotopic (exact) mass is 410 g/mol. The summed E-state index contributed by atoms with van der Waals surface area (Å²) < 4.78 is 21.6. The zero-order valence-electron chi connectivity index (χ0n) is 17.4. The standard InChI is InChI=1S/C23H27FN4O2/c1-17(2)21-16-26(14-18-6-3-4-7-20(18)24)12-13-28(21)23(29)22-9-8-19(30-22)15-27-11-5-10-25-27/h3-11,17,21H,12-16H2,1-2H3/t21-/m1/s1. The first-order valence-corrected chi connectivity index (χ1v) is 10.3. The number of rotatable bonds is 6. The topological polar surface area (TPSA) is 54.5 Å². The van der Waals surface area contributed by atoms with E-state index in [1.165, 1.54) is 6.07 Å². The molecule has 6 nitrogen and oxygen atoms in total. The molecule has 4 rings (SSSR count). The minimum atomic E-state index is -0.183. The summed E-state index contributed by atoms with van der Waals surface area (Å²) in [5.74, 6) is 1.05. The molecule has 0 unspecified atom stereocenters. The fraction of sp³-hybridized carbons (Fsp3) is 0.391. The molecule has 1 amide bonds. The molecule has 1 fully saturated rings. The maximum Gasteiger partial charge on any atom is 0.289 e. The van der Waals surface area contributed by atoms with E-state index in [1.54, 1.807) is 23.0 Å². The second kappa shape index (κ2) is 8.83. The summed E-state index contributed by atoms with van der Waals surface area (Å²) in [6, 6.07) is 12.3. The molecule has 1 aliphatic heterocycles. The molecule has 0 spiro atoms. The second-order valence-electron chi connectivity index (χ2n) is 8.11. The van der Waals surface area contributed by atoms with Gasteiger partial charge in [0.15, 0.2) is 5.76 Å². The molecule has 0 radical (unpaired) electrons. The van der Waals surface area contributed by atoms with Crippen LogP contribution >= 0.6 is 0 Å². The summed E-state index contributed by atoms with van der Waals surface area (Å²) in [4.78, 5) is 17.3. The SMILES string of the molecule is CC(C)[C@H]1CN(Cc2ccccc2F)CCN1C(=O)c1ccc(Cn2cccn2)o1. The highest BCUT2D eigenvalue weighted by Crippen LogP contribution is 2.23. The van der Waals surface area contributed by atoms with E-state index in [0.29, 0.717) is 49.8 Å². The third-order valence-corrected chi connectivity index (χ3v) is 5.63. The molecule has 1 saturated heterocycles. The van der Waals surface area contributed by atoms with Gasteiger partial charge in [-0.2, -0.15) is 5.10 Å². The molecule has 30 heavy (non-hydrogen) atoms. The first-order valence-electron chi connectivity index (χ1n) is 10.3. The zero-order chi connectivity index (χ0) is 21.1. The lowest BCUT2D eigenvalue weighted by molar-refractivity contribution is 0.0299. The largest absolute Gasteiger partial charge is 0.454 e. The van der Waals surface area contributed by atoms with Crippen molar-refractivity contribution < 1.29 is 13.6 Å². The van der Waals surface area contributed by atoms with Crippen molar-refractivity contribution in [2.45, 2.75) is 33.0 Å². The van der Waals surface area contributed by atoms with Gasteiger partial charge in [0.1, 0.15) is 11.6 Å². The number of halogens is 1. The van der Waals surface area contributed by atoms with Gasteiger partial charge in [0.05, 0.1) is 6.54 Å². The Kier molecular flexibility index (Phi) is 5.99. The summed E-state index contributed by atoms with van der Waals surface area (Å²) in [6.45, 7) is 7.26. The maximum absolute atomic E-state index is 14.1. The van der Waals surface area contributed by atoms with Crippen molar-refractivity contribution >= 4 is 5.91 Å². The fourth-order valence-electron chi connectivity index (χ4n) is 3.98. The number of furan rings is 1. The van der Waals surface area contributed by atoms with Gasteiger partial charge in [-0.3, -0.25) is 14.4 Å². The molecular weight excluding hydrogens is 383 g/mol. The van der Waals surface area contributed by atoms with Crippen LogP contribution in [0.1, 0.15) is 35.7 Å². The lowest BCUT2D eigenvalue weighted by Crippen LogP contribution is -2.56. The van der Waals surface area contributed by atoms with Crippen LogP contribution in [-0.4, -0.2) is 51.2 Å². The van der Waals surface area contributed by atoms with Crippen molar-refractivity contribution in [1.82, 2.24) is 19.6 Å². The van der Waals surface area contributed by atoms with E-state index in [9.17, 15) is 9.18 Å². The molecule has 158 valence electrons. The van der Waals surface area contributed by atoms with E-state index >= 15 is 0 Å². The lowest BCUT2D eigenvalue weighted by atomic mass is 9.98. The highest BCUT2D eigenvalue weighted by molar-refractivity contribution is 5.92. The maximum atomic E-state index is 14.1. The van der Waals surface area contributed by atoms with Crippen molar-refractivity contribution in [3.05, 3.63) is 77.8 Å². The summed E-state index contributed by atoms with van der Waals surface area (Å²) in [6.07, 6.45) is 3.57. The Morgan fingerprint density at radius 2 is 2.00 bits per heavy atom. The van der Waals surface area contributed by atoms with E-state index in [1.807, 2.05) is 35.4 Å². The van der Waals surface area contributed by atoms with Crippen molar-refractivity contribution in [3.8, 4) is 0 Å². The normalized spacial score (nSPS) is 17.6. The van der Waals surface area contributed by atoms with Crippen LogP contribution in [0, 0.1) is 11.7 Å². The second-order valence-corrected chi connectivity index (χ2v) is 8.11. The van der Waals surface area contributed by atoms with Crippen LogP contribution in [0.3, 0.4) is 0 Å². The average Bonchev–Trinajstić information content (AvgIpc) is 3.42. The van der Waals surface area contributed by atoms with Gasteiger partial charge in [0, 0.05) is 50.2 Å². The Labute approximate surface area is 175 Å². The Bertz CT molecular complexity index is 983. The molecular formula is C23H27FN4O2. The highest BCUT2D eigenvalue weighted by atomic mass is 19.1. The summed E-state index contributed by atoms with van der Waals surface area (Å²) in [5, 5.41) is 4.17. The zero-order valence-corrected chi connectivity index (χ0v) is 17.4. The van der Waals surface area contributed by atoms with E-state index in [0.717, 1.165) is 0 Å². The minimum Gasteiger partial charge on any atom is -0.454 e. The van der Waals surface area contributed by atoms with Crippen LogP contribution in [-0.2, 0) is 13.1 Å². The summed E-state index contributed by atoms with van der Waals surface area (Å²) in [5.41, 5.74) is 0.689. The predicted molar refractivity (Wildman–Crippen MR) is 111 cm³/mol. The third-order valence-electron chi connectivity index (χ3n) is 5.63. The molecule has 0 N–H and O–H groups in total. The van der Waals surface area contributed by atoms with Crippen LogP contribution in [0.25, 0.3) is 0 Å². The van der Waals surface area contributed by atoms with Gasteiger partial charge in [-0.15, -0.1) is 0 Å². The molecule has 1 aliphatic rings. The third kappa shape index (κ3) is 4.46.